The Morgan fingerprint density at radius 1 is 1.29 bits per heavy atom. The van der Waals surface area contributed by atoms with Crippen LogP contribution in [0.4, 0.5) is 10.5 Å². The molecular weight excluding hydrogens is 322 g/mol. The van der Waals surface area contributed by atoms with E-state index in [-0.39, 0.29) is 6.03 Å². The van der Waals surface area contributed by atoms with E-state index in [0.717, 1.165) is 55.7 Å². The SMILES string of the molecule is CCSc1ccccc1NC(=O)N1CCN(C[C@H]2CCCO2)CC1. The Bertz CT molecular complexity index is 541. The minimum atomic E-state index is 0.0101. The van der Waals surface area contributed by atoms with Crippen molar-refractivity contribution in [1.82, 2.24) is 9.80 Å². The molecule has 0 saturated carbocycles. The number of nitrogens with one attached hydrogen (secondary N) is 1. The molecule has 132 valence electrons. The van der Waals surface area contributed by atoms with Crippen LogP contribution in [0.1, 0.15) is 19.8 Å². The van der Waals surface area contributed by atoms with Gasteiger partial charge in [-0.15, -0.1) is 11.8 Å². The molecular formula is C18H27N3O2S. The molecule has 2 aliphatic rings. The lowest BCUT2D eigenvalue weighted by molar-refractivity contribution is 0.0572. The smallest absolute Gasteiger partial charge is 0.321 e. The topological polar surface area (TPSA) is 44.8 Å². The van der Waals surface area contributed by atoms with Crippen LogP contribution in [-0.2, 0) is 4.74 Å². The highest BCUT2D eigenvalue weighted by Crippen LogP contribution is 2.27. The summed E-state index contributed by atoms with van der Waals surface area (Å²) in [4.78, 5) is 18.0. The fourth-order valence-electron chi connectivity index (χ4n) is 3.26. The van der Waals surface area contributed by atoms with Gasteiger partial charge in [0, 0.05) is 44.2 Å². The zero-order valence-electron chi connectivity index (χ0n) is 14.4. The molecule has 0 bridgehead atoms. The molecule has 0 radical (unpaired) electrons. The number of hydrogen-bond donors (Lipinski definition) is 1. The maximum atomic E-state index is 12.5. The number of para-hydroxylation sites is 1. The molecule has 1 aromatic carbocycles. The molecule has 1 aromatic rings. The van der Waals surface area contributed by atoms with Crippen molar-refractivity contribution in [2.75, 3.05) is 50.4 Å². The Labute approximate surface area is 148 Å². The average molecular weight is 350 g/mol. The molecule has 0 spiro atoms. The van der Waals surface area contributed by atoms with Crippen molar-refractivity contribution in [3.63, 3.8) is 0 Å². The van der Waals surface area contributed by atoms with E-state index in [1.165, 1.54) is 12.8 Å². The number of carbonyl (C=O) groups excluding carboxylic acids is 1. The first kappa shape index (κ1) is 17.6. The molecule has 1 N–H and O–H groups in total. The molecule has 2 fully saturated rings. The summed E-state index contributed by atoms with van der Waals surface area (Å²) in [5.74, 6) is 0.995. The maximum Gasteiger partial charge on any atom is 0.321 e. The molecule has 2 aliphatic heterocycles. The minimum Gasteiger partial charge on any atom is -0.377 e. The zero-order chi connectivity index (χ0) is 16.8. The van der Waals surface area contributed by atoms with Crippen molar-refractivity contribution in [1.29, 1.82) is 0 Å². The monoisotopic (exact) mass is 349 g/mol. The van der Waals surface area contributed by atoms with Crippen molar-refractivity contribution in [2.24, 2.45) is 0 Å². The molecule has 0 aromatic heterocycles. The second-order valence-electron chi connectivity index (χ2n) is 6.28. The van der Waals surface area contributed by atoms with Crippen LogP contribution in [0.5, 0.6) is 0 Å². The van der Waals surface area contributed by atoms with Crippen molar-refractivity contribution < 1.29 is 9.53 Å². The second kappa shape index (κ2) is 8.74. The van der Waals surface area contributed by atoms with Crippen molar-refractivity contribution in [2.45, 2.75) is 30.8 Å². The molecule has 2 saturated heterocycles. The molecule has 5 nitrogen and oxygen atoms in total. The van der Waals surface area contributed by atoms with E-state index in [2.05, 4.69) is 23.2 Å². The van der Waals surface area contributed by atoms with Crippen LogP contribution >= 0.6 is 11.8 Å². The van der Waals surface area contributed by atoms with Gasteiger partial charge in [0.25, 0.3) is 0 Å². The first-order chi connectivity index (χ1) is 11.8. The van der Waals surface area contributed by atoms with Crippen molar-refractivity contribution in [3.8, 4) is 0 Å². The van der Waals surface area contributed by atoms with Gasteiger partial charge >= 0.3 is 6.03 Å². The molecule has 0 aliphatic carbocycles. The molecule has 3 rings (SSSR count). The maximum absolute atomic E-state index is 12.5. The number of carbonyl (C=O) groups is 1. The zero-order valence-corrected chi connectivity index (χ0v) is 15.2. The van der Waals surface area contributed by atoms with E-state index >= 15 is 0 Å². The van der Waals surface area contributed by atoms with E-state index in [0.29, 0.717) is 6.10 Å². The van der Waals surface area contributed by atoms with Gasteiger partial charge in [-0.3, -0.25) is 4.90 Å². The summed E-state index contributed by atoms with van der Waals surface area (Å²) in [6, 6.07) is 8.02. The predicted molar refractivity (Wildman–Crippen MR) is 98.8 cm³/mol. The van der Waals surface area contributed by atoms with Crippen LogP contribution in [0.15, 0.2) is 29.2 Å². The van der Waals surface area contributed by atoms with Gasteiger partial charge in [-0.1, -0.05) is 19.1 Å². The summed E-state index contributed by atoms with van der Waals surface area (Å²) in [6.45, 7) is 7.45. The van der Waals surface area contributed by atoms with Crippen LogP contribution in [0.2, 0.25) is 0 Å². The number of hydrogen-bond acceptors (Lipinski definition) is 4. The summed E-state index contributed by atoms with van der Waals surface area (Å²) < 4.78 is 5.71. The first-order valence-electron chi connectivity index (χ1n) is 8.88. The summed E-state index contributed by atoms with van der Waals surface area (Å²) in [5, 5.41) is 3.08. The highest BCUT2D eigenvalue weighted by molar-refractivity contribution is 7.99. The number of amides is 2. The third-order valence-electron chi connectivity index (χ3n) is 4.57. The number of benzene rings is 1. The lowest BCUT2D eigenvalue weighted by Gasteiger charge is -2.35. The normalized spacial score (nSPS) is 21.9. The highest BCUT2D eigenvalue weighted by Gasteiger charge is 2.25. The number of thioether (sulfide) groups is 1. The number of ether oxygens (including phenoxy) is 1. The van der Waals surface area contributed by atoms with E-state index < -0.39 is 0 Å². The van der Waals surface area contributed by atoms with Gasteiger partial charge in [-0.2, -0.15) is 0 Å². The molecule has 6 heteroatoms. The van der Waals surface area contributed by atoms with Gasteiger partial charge in [0.05, 0.1) is 11.8 Å². The second-order valence-corrected chi connectivity index (χ2v) is 7.59. The van der Waals surface area contributed by atoms with Crippen LogP contribution in [0.3, 0.4) is 0 Å². The van der Waals surface area contributed by atoms with Crippen molar-refractivity contribution >= 4 is 23.5 Å². The number of rotatable bonds is 5. The number of piperazine rings is 1. The van der Waals surface area contributed by atoms with E-state index in [1.54, 1.807) is 11.8 Å². The standard InChI is InChI=1S/C18H27N3O2S/c1-2-24-17-8-4-3-7-16(17)19-18(22)21-11-9-20(10-12-21)14-15-6-5-13-23-15/h3-4,7-8,15H,2,5-6,9-14H2,1H3,(H,19,22)/t15-/m1/s1. The van der Waals surface area contributed by atoms with Gasteiger partial charge in [-0.25, -0.2) is 4.79 Å². The fourth-order valence-corrected chi connectivity index (χ4v) is 4.02. The van der Waals surface area contributed by atoms with Gasteiger partial charge in [0.1, 0.15) is 0 Å². The summed E-state index contributed by atoms with van der Waals surface area (Å²) >= 11 is 1.75. The quantitative estimate of drug-likeness (QED) is 0.830. The molecule has 1 atom stereocenters. The van der Waals surface area contributed by atoms with Gasteiger partial charge in [0.15, 0.2) is 0 Å². The highest BCUT2D eigenvalue weighted by atomic mass is 32.2. The minimum absolute atomic E-state index is 0.0101. The van der Waals surface area contributed by atoms with Crippen LogP contribution in [-0.4, -0.2) is 67.0 Å². The molecule has 24 heavy (non-hydrogen) atoms. The van der Waals surface area contributed by atoms with Gasteiger partial charge in [-0.05, 0) is 30.7 Å². The number of urea groups is 1. The number of nitrogens with zero attached hydrogens (tertiary/aromatic N) is 2. The van der Waals surface area contributed by atoms with Crippen LogP contribution in [0, 0.1) is 0 Å². The molecule has 2 heterocycles. The lowest BCUT2D eigenvalue weighted by atomic mass is 10.2. The molecule has 0 unspecified atom stereocenters. The third kappa shape index (κ3) is 4.65. The summed E-state index contributed by atoms with van der Waals surface area (Å²) in [7, 11) is 0. The van der Waals surface area contributed by atoms with Gasteiger partial charge < -0.3 is 15.0 Å². The van der Waals surface area contributed by atoms with Crippen LogP contribution < -0.4 is 5.32 Å². The van der Waals surface area contributed by atoms with Gasteiger partial charge in [0.2, 0.25) is 0 Å². The average Bonchev–Trinajstić information content (AvgIpc) is 3.10. The molecule has 2 amide bonds. The van der Waals surface area contributed by atoms with Crippen molar-refractivity contribution in [3.05, 3.63) is 24.3 Å². The van der Waals surface area contributed by atoms with E-state index in [4.69, 9.17) is 4.74 Å². The Morgan fingerprint density at radius 2 is 2.08 bits per heavy atom. The fraction of sp³-hybridized carbons (Fsp3) is 0.611. The van der Waals surface area contributed by atoms with E-state index in [1.807, 2.05) is 23.1 Å². The summed E-state index contributed by atoms with van der Waals surface area (Å²) in [6.07, 6.45) is 2.75. The third-order valence-corrected chi connectivity index (χ3v) is 5.53. The Morgan fingerprint density at radius 3 is 2.79 bits per heavy atom. The lowest BCUT2D eigenvalue weighted by Crippen LogP contribution is -2.51. The van der Waals surface area contributed by atoms with E-state index in [9.17, 15) is 4.79 Å². The Hall–Kier alpha value is -1.24. The largest absolute Gasteiger partial charge is 0.377 e. The Kier molecular flexibility index (Phi) is 6.40. The summed E-state index contributed by atoms with van der Waals surface area (Å²) in [5.41, 5.74) is 0.913. The Balaban J connectivity index is 1.48. The van der Waals surface area contributed by atoms with Crippen LogP contribution in [0.25, 0.3) is 0 Å². The number of anilines is 1. The predicted octanol–water partition coefficient (Wildman–Crippen LogP) is 3.13. The first-order valence-corrected chi connectivity index (χ1v) is 9.86.